The van der Waals surface area contributed by atoms with E-state index in [0.29, 0.717) is 13.2 Å². The highest BCUT2D eigenvalue weighted by Gasteiger charge is 2.45. The fourth-order valence-corrected chi connectivity index (χ4v) is 6.46. The summed E-state index contributed by atoms with van der Waals surface area (Å²) >= 11 is 0. The first-order valence-electron chi connectivity index (χ1n) is 19.5. The molecular weight excluding hydrogens is 552 g/mol. The van der Waals surface area contributed by atoms with E-state index < -0.39 is 30.7 Å². The first-order valence-corrected chi connectivity index (χ1v) is 19.5. The van der Waals surface area contributed by atoms with Crippen molar-refractivity contribution < 1.29 is 29.5 Å². The van der Waals surface area contributed by atoms with Gasteiger partial charge >= 0.3 is 0 Å². The number of hydrogen-bond acceptors (Lipinski definition) is 6. The van der Waals surface area contributed by atoms with E-state index in [4.69, 9.17) is 14.2 Å². The van der Waals surface area contributed by atoms with Gasteiger partial charge in [-0.05, 0) is 12.8 Å². The summed E-state index contributed by atoms with van der Waals surface area (Å²) in [6.45, 7) is 5.22. The molecule has 0 aromatic heterocycles. The molecule has 0 amide bonds. The summed E-state index contributed by atoms with van der Waals surface area (Å²) in [6.07, 6.45) is 32.0. The molecule has 5 atom stereocenters. The molecule has 6 nitrogen and oxygen atoms in total. The highest BCUT2D eigenvalue weighted by atomic mass is 16.7. The van der Waals surface area contributed by atoms with Crippen molar-refractivity contribution in [3.05, 3.63) is 0 Å². The van der Waals surface area contributed by atoms with Gasteiger partial charge in [-0.1, -0.05) is 181 Å². The molecule has 0 radical (unpaired) electrons. The van der Waals surface area contributed by atoms with Crippen LogP contribution in [0.5, 0.6) is 0 Å². The summed E-state index contributed by atoms with van der Waals surface area (Å²) in [4.78, 5) is 0. The van der Waals surface area contributed by atoms with Crippen molar-refractivity contribution in [3.63, 3.8) is 0 Å². The van der Waals surface area contributed by atoms with Crippen LogP contribution < -0.4 is 0 Å². The Hall–Kier alpha value is -0.240. The molecule has 1 heterocycles. The van der Waals surface area contributed by atoms with Crippen LogP contribution in [0.3, 0.4) is 0 Å². The molecule has 0 aromatic rings. The minimum Gasteiger partial charge on any atom is -0.394 e. The summed E-state index contributed by atoms with van der Waals surface area (Å²) in [5, 5.41) is 30.9. The Kier molecular flexibility index (Phi) is 29.8. The van der Waals surface area contributed by atoms with Crippen molar-refractivity contribution in [2.24, 2.45) is 0 Å². The standard InChI is InChI=1S/C38H76O6/c1-3-5-7-9-11-13-15-17-19-21-23-25-27-29-31-42-36-35(40)34(33-39)44-38(41)37(36)43-32-30-28-26-24-22-20-18-16-14-12-10-8-6-4-2/h34-41H,3-33H2,1-2H3/t34-,35-,36+,37+,38-/m1/s1. The molecule has 6 heteroatoms. The second-order valence-corrected chi connectivity index (χ2v) is 13.6. The molecule has 1 saturated heterocycles. The largest absolute Gasteiger partial charge is 0.394 e. The fraction of sp³-hybridized carbons (Fsp3) is 1.00. The molecule has 1 aliphatic heterocycles. The molecular formula is C38H76O6. The van der Waals surface area contributed by atoms with Crippen LogP contribution in [0.2, 0.25) is 0 Å². The normalized spacial score (nSPS) is 22.2. The van der Waals surface area contributed by atoms with E-state index >= 15 is 0 Å². The van der Waals surface area contributed by atoms with Crippen LogP contribution in [0.25, 0.3) is 0 Å². The zero-order valence-corrected chi connectivity index (χ0v) is 29.4. The summed E-state index contributed by atoms with van der Waals surface area (Å²) in [5.41, 5.74) is 0. The second-order valence-electron chi connectivity index (χ2n) is 13.6. The third-order valence-corrected chi connectivity index (χ3v) is 9.43. The molecule has 44 heavy (non-hydrogen) atoms. The van der Waals surface area contributed by atoms with E-state index in [2.05, 4.69) is 13.8 Å². The van der Waals surface area contributed by atoms with Crippen molar-refractivity contribution in [1.82, 2.24) is 0 Å². The quantitative estimate of drug-likeness (QED) is 0.0627. The van der Waals surface area contributed by atoms with Crippen LogP contribution >= 0.6 is 0 Å². The molecule has 3 N–H and O–H groups in total. The Morgan fingerprint density at radius 2 is 0.727 bits per heavy atom. The lowest BCUT2D eigenvalue weighted by molar-refractivity contribution is -0.303. The maximum absolute atomic E-state index is 10.8. The smallest absolute Gasteiger partial charge is 0.184 e. The topological polar surface area (TPSA) is 88.4 Å². The lowest BCUT2D eigenvalue weighted by Crippen LogP contribution is -2.60. The number of aliphatic hydroxyl groups is 3. The van der Waals surface area contributed by atoms with Crippen molar-refractivity contribution in [2.75, 3.05) is 19.8 Å². The van der Waals surface area contributed by atoms with Gasteiger partial charge in [0.25, 0.3) is 0 Å². The molecule has 0 spiro atoms. The molecule has 264 valence electrons. The highest BCUT2D eigenvalue weighted by Crippen LogP contribution is 2.26. The third kappa shape index (κ3) is 22.3. The van der Waals surface area contributed by atoms with E-state index in [1.54, 1.807) is 0 Å². The summed E-state index contributed by atoms with van der Waals surface area (Å²) in [6, 6.07) is 0. The van der Waals surface area contributed by atoms with E-state index in [1.807, 2.05) is 0 Å². The zero-order chi connectivity index (χ0) is 31.9. The van der Waals surface area contributed by atoms with Gasteiger partial charge in [0.1, 0.15) is 24.4 Å². The van der Waals surface area contributed by atoms with Crippen molar-refractivity contribution in [1.29, 1.82) is 0 Å². The number of rotatable bonds is 33. The molecule has 1 fully saturated rings. The van der Waals surface area contributed by atoms with Gasteiger partial charge in [-0.3, -0.25) is 0 Å². The second kappa shape index (κ2) is 31.4. The van der Waals surface area contributed by atoms with Crippen LogP contribution in [0.4, 0.5) is 0 Å². The minimum absolute atomic E-state index is 0.359. The summed E-state index contributed by atoms with van der Waals surface area (Å²) in [7, 11) is 0. The Balaban J connectivity index is 2.09. The van der Waals surface area contributed by atoms with Gasteiger partial charge in [0.15, 0.2) is 6.29 Å². The Morgan fingerprint density at radius 1 is 0.432 bits per heavy atom. The lowest BCUT2D eigenvalue weighted by atomic mass is 9.98. The Labute approximate surface area is 273 Å². The number of ether oxygens (including phenoxy) is 3. The number of unbranched alkanes of at least 4 members (excludes halogenated alkanes) is 26. The first-order chi connectivity index (χ1) is 21.7. The van der Waals surface area contributed by atoms with Gasteiger partial charge in [-0.25, -0.2) is 0 Å². The van der Waals surface area contributed by atoms with Gasteiger partial charge in [0, 0.05) is 13.2 Å². The van der Waals surface area contributed by atoms with Crippen molar-refractivity contribution in [3.8, 4) is 0 Å². The van der Waals surface area contributed by atoms with E-state index in [1.165, 1.54) is 154 Å². The van der Waals surface area contributed by atoms with Crippen LogP contribution in [0.15, 0.2) is 0 Å². The molecule has 0 bridgehead atoms. The Bertz CT molecular complexity index is 576. The van der Waals surface area contributed by atoms with E-state index in [0.717, 1.165) is 25.7 Å². The SMILES string of the molecule is CCCCCCCCCCCCCCCCO[C@H]1[C@H](O)[C@@H](CO)O[C@@H](O)[C@H]1OCCCCCCCCCCCCCCCC. The molecule has 0 saturated carbocycles. The summed E-state index contributed by atoms with van der Waals surface area (Å²) < 4.78 is 17.5. The summed E-state index contributed by atoms with van der Waals surface area (Å²) in [5.74, 6) is 0. The monoisotopic (exact) mass is 629 g/mol. The van der Waals surface area contributed by atoms with Crippen LogP contribution in [0.1, 0.15) is 194 Å². The molecule has 1 aliphatic rings. The van der Waals surface area contributed by atoms with Gasteiger partial charge in [0.2, 0.25) is 0 Å². The van der Waals surface area contributed by atoms with Gasteiger partial charge in [0.05, 0.1) is 6.61 Å². The van der Waals surface area contributed by atoms with Gasteiger partial charge < -0.3 is 29.5 Å². The third-order valence-electron chi connectivity index (χ3n) is 9.43. The van der Waals surface area contributed by atoms with Gasteiger partial charge in [-0.2, -0.15) is 0 Å². The van der Waals surface area contributed by atoms with Crippen molar-refractivity contribution in [2.45, 2.75) is 224 Å². The van der Waals surface area contributed by atoms with Gasteiger partial charge in [-0.15, -0.1) is 0 Å². The fourth-order valence-electron chi connectivity index (χ4n) is 6.46. The predicted octanol–water partition coefficient (Wildman–Crippen LogP) is 9.79. The van der Waals surface area contributed by atoms with Crippen LogP contribution in [-0.2, 0) is 14.2 Å². The maximum Gasteiger partial charge on any atom is 0.184 e. The van der Waals surface area contributed by atoms with Crippen molar-refractivity contribution >= 4 is 0 Å². The van der Waals surface area contributed by atoms with Crippen LogP contribution in [-0.4, -0.2) is 65.8 Å². The highest BCUT2D eigenvalue weighted by molar-refractivity contribution is 4.90. The Morgan fingerprint density at radius 3 is 1.05 bits per heavy atom. The zero-order valence-electron chi connectivity index (χ0n) is 29.4. The average molecular weight is 629 g/mol. The average Bonchev–Trinajstić information content (AvgIpc) is 3.03. The molecule has 0 aliphatic carbocycles. The van der Waals surface area contributed by atoms with E-state index in [9.17, 15) is 15.3 Å². The molecule has 0 aromatic carbocycles. The number of aliphatic hydroxyl groups excluding tert-OH is 3. The predicted molar refractivity (Wildman–Crippen MR) is 184 cm³/mol. The van der Waals surface area contributed by atoms with Crippen LogP contribution in [0, 0.1) is 0 Å². The first kappa shape index (κ1) is 41.8. The lowest BCUT2D eigenvalue weighted by Gasteiger charge is -2.42. The van der Waals surface area contributed by atoms with E-state index in [-0.39, 0.29) is 6.61 Å². The molecule has 1 rings (SSSR count). The maximum atomic E-state index is 10.8. The number of hydrogen-bond donors (Lipinski definition) is 3. The minimum atomic E-state index is -1.21. The molecule has 0 unspecified atom stereocenters.